The van der Waals surface area contributed by atoms with E-state index in [0.29, 0.717) is 12.8 Å². The van der Waals surface area contributed by atoms with Crippen molar-refractivity contribution in [2.24, 2.45) is 5.92 Å². The third kappa shape index (κ3) is 3.92. The summed E-state index contributed by atoms with van der Waals surface area (Å²) in [5.74, 6) is -3.76. The molecule has 2 atom stereocenters. The fourth-order valence-electron chi connectivity index (χ4n) is 2.75. The number of Topliss-reactive ketones (excluding diaryl/α,β-unsaturated/α-hetero) is 1. The molecule has 126 valence electrons. The Bertz CT molecular complexity index is 570. The van der Waals surface area contributed by atoms with Crippen LogP contribution < -0.4 is 0 Å². The lowest BCUT2D eigenvalue weighted by Gasteiger charge is -2.27. The van der Waals surface area contributed by atoms with E-state index in [0.717, 1.165) is 12.5 Å². The molecule has 1 aliphatic carbocycles. The maximum Gasteiger partial charge on any atom is 0.392 e. The molecule has 0 spiro atoms. The lowest BCUT2D eigenvalue weighted by atomic mass is 9.78. The smallest absolute Gasteiger partial charge is 0.392 e. The minimum atomic E-state index is -4.49. The summed E-state index contributed by atoms with van der Waals surface area (Å²) in [6.45, 7) is 2.58. The monoisotopic (exact) mass is 328 g/mol. The zero-order valence-corrected chi connectivity index (χ0v) is 13.0. The summed E-state index contributed by atoms with van der Waals surface area (Å²) in [6, 6.07) is 6.45. The second-order valence-electron chi connectivity index (χ2n) is 5.87. The SMILES string of the molecule is CCOC(=O)C(c1ccc(C2CC(=O)C2)cc1)C(C)C(F)(F)F. The normalized spacial score (nSPS) is 18.2. The van der Waals surface area contributed by atoms with E-state index in [9.17, 15) is 22.8 Å². The highest BCUT2D eigenvalue weighted by Gasteiger charge is 2.45. The van der Waals surface area contributed by atoms with Gasteiger partial charge >= 0.3 is 12.1 Å². The Hall–Kier alpha value is -1.85. The van der Waals surface area contributed by atoms with Gasteiger partial charge in [0, 0.05) is 12.8 Å². The fraction of sp³-hybridized carbons (Fsp3) is 0.529. The fourth-order valence-corrected chi connectivity index (χ4v) is 2.75. The molecule has 3 nitrogen and oxygen atoms in total. The molecule has 1 aromatic rings. The molecular weight excluding hydrogens is 309 g/mol. The Kier molecular flexibility index (Phi) is 5.12. The Morgan fingerprint density at radius 2 is 1.83 bits per heavy atom. The van der Waals surface area contributed by atoms with Crippen molar-refractivity contribution >= 4 is 11.8 Å². The summed E-state index contributed by atoms with van der Waals surface area (Å²) < 4.78 is 44.0. The Morgan fingerprint density at radius 1 is 1.26 bits per heavy atom. The Labute approximate surface area is 132 Å². The molecule has 2 rings (SSSR count). The molecule has 1 aliphatic rings. The zero-order chi connectivity index (χ0) is 17.2. The van der Waals surface area contributed by atoms with Gasteiger partial charge in [-0.3, -0.25) is 9.59 Å². The molecule has 0 heterocycles. The Morgan fingerprint density at radius 3 is 2.26 bits per heavy atom. The number of hydrogen-bond donors (Lipinski definition) is 0. The van der Waals surface area contributed by atoms with Crippen LogP contribution in [0, 0.1) is 5.92 Å². The number of ether oxygens (including phenoxy) is 1. The zero-order valence-electron chi connectivity index (χ0n) is 13.0. The van der Waals surface area contributed by atoms with Crippen molar-refractivity contribution in [1.29, 1.82) is 0 Å². The van der Waals surface area contributed by atoms with Crippen molar-refractivity contribution in [3.05, 3.63) is 35.4 Å². The molecule has 1 aromatic carbocycles. The average Bonchev–Trinajstić information content (AvgIpc) is 2.44. The second-order valence-corrected chi connectivity index (χ2v) is 5.87. The average molecular weight is 328 g/mol. The third-order valence-electron chi connectivity index (χ3n) is 4.27. The second kappa shape index (κ2) is 6.72. The van der Waals surface area contributed by atoms with Crippen molar-refractivity contribution in [2.45, 2.75) is 44.7 Å². The number of carbonyl (C=O) groups excluding carboxylic acids is 2. The molecule has 6 heteroatoms. The minimum Gasteiger partial charge on any atom is -0.466 e. The first-order valence-electron chi connectivity index (χ1n) is 7.59. The van der Waals surface area contributed by atoms with E-state index in [1.165, 1.54) is 12.1 Å². The molecule has 0 amide bonds. The number of hydrogen-bond acceptors (Lipinski definition) is 3. The maximum atomic E-state index is 13.1. The molecule has 0 saturated heterocycles. The van der Waals surface area contributed by atoms with E-state index < -0.39 is 24.0 Å². The predicted octanol–water partition coefficient (Wildman–Crippen LogP) is 3.98. The van der Waals surface area contributed by atoms with E-state index in [1.807, 2.05) is 0 Å². The highest BCUT2D eigenvalue weighted by Crippen LogP contribution is 2.39. The summed E-state index contributed by atoms with van der Waals surface area (Å²) >= 11 is 0. The van der Waals surface area contributed by atoms with Crippen LogP contribution in [0.5, 0.6) is 0 Å². The van der Waals surface area contributed by atoms with Crippen molar-refractivity contribution in [3.8, 4) is 0 Å². The third-order valence-corrected chi connectivity index (χ3v) is 4.27. The van der Waals surface area contributed by atoms with E-state index in [4.69, 9.17) is 4.74 Å². The van der Waals surface area contributed by atoms with Crippen LogP contribution in [0.4, 0.5) is 13.2 Å². The van der Waals surface area contributed by atoms with Crippen LogP contribution in [0.1, 0.15) is 49.7 Å². The first-order chi connectivity index (χ1) is 10.7. The first-order valence-corrected chi connectivity index (χ1v) is 7.59. The molecule has 0 N–H and O–H groups in total. The van der Waals surface area contributed by atoms with Crippen molar-refractivity contribution < 1.29 is 27.5 Å². The van der Waals surface area contributed by atoms with Crippen LogP contribution >= 0.6 is 0 Å². The standard InChI is InChI=1S/C17H19F3O3/c1-3-23-16(22)15(10(2)17(18,19)20)12-6-4-11(5-7-12)13-8-14(21)9-13/h4-7,10,13,15H,3,8-9H2,1-2H3. The van der Waals surface area contributed by atoms with E-state index in [2.05, 4.69) is 0 Å². The Balaban J connectivity index is 2.24. The predicted molar refractivity (Wildman–Crippen MR) is 78.0 cm³/mol. The van der Waals surface area contributed by atoms with Crippen molar-refractivity contribution in [1.82, 2.24) is 0 Å². The molecule has 1 saturated carbocycles. The minimum absolute atomic E-state index is 0.0299. The van der Waals surface area contributed by atoms with Crippen molar-refractivity contribution in [2.75, 3.05) is 6.61 Å². The lowest BCUT2D eigenvalue weighted by Crippen LogP contribution is -2.32. The van der Waals surface area contributed by atoms with Crippen LogP contribution in [-0.2, 0) is 14.3 Å². The van der Waals surface area contributed by atoms with Gasteiger partial charge in [0.2, 0.25) is 0 Å². The summed E-state index contributed by atoms with van der Waals surface area (Å²) in [4.78, 5) is 23.0. The molecule has 0 aliphatic heterocycles. The molecule has 2 unspecified atom stereocenters. The molecular formula is C17H19F3O3. The van der Waals surface area contributed by atoms with Crippen LogP contribution in [0.3, 0.4) is 0 Å². The number of ketones is 1. The number of esters is 1. The van der Waals surface area contributed by atoms with Gasteiger partial charge in [0.25, 0.3) is 0 Å². The molecule has 1 fully saturated rings. The van der Waals surface area contributed by atoms with E-state index in [-0.39, 0.29) is 23.9 Å². The van der Waals surface area contributed by atoms with Gasteiger partial charge in [0.15, 0.2) is 0 Å². The van der Waals surface area contributed by atoms with Gasteiger partial charge in [-0.1, -0.05) is 31.2 Å². The maximum absolute atomic E-state index is 13.1. The topological polar surface area (TPSA) is 43.4 Å². The number of halogens is 3. The molecule has 0 bridgehead atoms. The summed E-state index contributed by atoms with van der Waals surface area (Å²) in [6.07, 6.45) is -3.55. The number of rotatable bonds is 5. The van der Waals surface area contributed by atoms with Gasteiger partial charge in [-0.25, -0.2) is 0 Å². The van der Waals surface area contributed by atoms with Crippen molar-refractivity contribution in [3.63, 3.8) is 0 Å². The molecule has 0 aromatic heterocycles. The van der Waals surface area contributed by atoms with Crippen LogP contribution in [0.2, 0.25) is 0 Å². The van der Waals surface area contributed by atoms with Gasteiger partial charge in [-0.15, -0.1) is 0 Å². The van der Waals surface area contributed by atoms with Gasteiger partial charge in [0.05, 0.1) is 18.4 Å². The van der Waals surface area contributed by atoms with E-state index >= 15 is 0 Å². The highest BCUT2D eigenvalue weighted by molar-refractivity contribution is 5.86. The number of alkyl halides is 3. The van der Waals surface area contributed by atoms with Gasteiger partial charge in [-0.05, 0) is 24.0 Å². The summed E-state index contributed by atoms with van der Waals surface area (Å²) in [7, 11) is 0. The van der Waals surface area contributed by atoms with Gasteiger partial charge in [-0.2, -0.15) is 13.2 Å². The molecule has 23 heavy (non-hydrogen) atoms. The first kappa shape index (κ1) is 17.5. The van der Waals surface area contributed by atoms with Crippen LogP contribution in [0.15, 0.2) is 24.3 Å². The molecule has 0 radical (unpaired) electrons. The van der Waals surface area contributed by atoms with Gasteiger partial charge in [0.1, 0.15) is 5.78 Å². The van der Waals surface area contributed by atoms with E-state index in [1.54, 1.807) is 19.1 Å². The largest absolute Gasteiger partial charge is 0.466 e. The number of carbonyl (C=O) groups is 2. The highest BCUT2D eigenvalue weighted by atomic mass is 19.4. The summed E-state index contributed by atoms with van der Waals surface area (Å²) in [5, 5.41) is 0. The lowest BCUT2D eigenvalue weighted by molar-refractivity contribution is -0.185. The number of benzene rings is 1. The van der Waals surface area contributed by atoms with Crippen LogP contribution in [-0.4, -0.2) is 24.5 Å². The summed E-state index contributed by atoms with van der Waals surface area (Å²) in [5.41, 5.74) is 1.19. The van der Waals surface area contributed by atoms with Gasteiger partial charge < -0.3 is 4.74 Å². The van der Waals surface area contributed by atoms with Crippen LogP contribution in [0.25, 0.3) is 0 Å². The quantitative estimate of drug-likeness (QED) is 0.768.